The molecule has 2 fully saturated rings. The number of rotatable bonds is 5. The number of hydrogen-bond acceptors (Lipinski definition) is 3. The van der Waals surface area contributed by atoms with Crippen molar-refractivity contribution < 1.29 is 14.0 Å². The lowest BCUT2D eigenvalue weighted by molar-refractivity contribution is -0.131. The van der Waals surface area contributed by atoms with Crippen molar-refractivity contribution >= 4 is 11.8 Å². The van der Waals surface area contributed by atoms with Crippen molar-refractivity contribution in [2.75, 3.05) is 19.6 Å². The summed E-state index contributed by atoms with van der Waals surface area (Å²) < 4.78 is 13.7. The number of benzene rings is 1. The van der Waals surface area contributed by atoms with E-state index in [1.807, 2.05) is 12.1 Å². The predicted molar refractivity (Wildman–Crippen MR) is 93.5 cm³/mol. The third kappa shape index (κ3) is 5.01. The summed E-state index contributed by atoms with van der Waals surface area (Å²) in [6.07, 6.45) is 4.62. The highest BCUT2D eigenvalue weighted by Gasteiger charge is 2.28. The molecule has 0 spiro atoms. The minimum atomic E-state index is -0.393. The fraction of sp³-hybridized carbons (Fsp3) is 0.579. The quantitative estimate of drug-likeness (QED) is 0.851. The fourth-order valence-electron chi connectivity index (χ4n) is 3.66. The van der Waals surface area contributed by atoms with Crippen LogP contribution in [0.25, 0.3) is 0 Å². The van der Waals surface area contributed by atoms with E-state index < -0.39 is 6.04 Å². The number of amides is 2. The van der Waals surface area contributed by atoms with Gasteiger partial charge in [-0.3, -0.25) is 9.59 Å². The van der Waals surface area contributed by atoms with E-state index in [4.69, 9.17) is 0 Å². The van der Waals surface area contributed by atoms with E-state index in [0.717, 1.165) is 44.5 Å². The summed E-state index contributed by atoms with van der Waals surface area (Å²) in [5.41, 5.74) is 0.735. The Morgan fingerprint density at radius 1 is 1.28 bits per heavy atom. The Labute approximate surface area is 148 Å². The molecule has 3 rings (SSSR count). The molecule has 2 heterocycles. The Balaban J connectivity index is 1.47. The molecular formula is C19H26FN3O2. The molecule has 0 bridgehead atoms. The molecule has 1 aromatic rings. The highest BCUT2D eigenvalue weighted by molar-refractivity contribution is 5.88. The van der Waals surface area contributed by atoms with Crippen LogP contribution in [-0.4, -0.2) is 48.4 Å². The molecule has 1 aromatic carbocycles. The third-order valence-electron chi connectivity index (χ3n) is 5.06. The van der Waals surface area contributed by atoms with E-state index in [-0.39, 0.29) is 23.7 Å². The van der Waals surface area contributed by atoms with Gasteiger partial charge >= 0.3 is 0 Å². The van der Waals surface area contributed by atoms with E-state index >= 15 is 0 Å². The zero-order chi connectivity index (χ0) is 17.6. The van der Waals surface area contributed by atoms with Gasteiger partial charge in [-0.1, -0.05) is 18.2 Å². The number of hydrogen-bond donors (Lipinski definition) is 2. The molecule has 0 aromatic heterocycles. The standard InChI is InChI=1S/C19H26FN3O2/c20-16-7-2-1-5-14(16)10-12-23-11-4-6-15(13-23)21-19(25)17-8-3-9-18(24)22-17/h1-2,5,7,15,17H,3-4,6,8-13H2,(H,21,25)(H,22,24)/t15-,17+/m0/s1. The molecule has 0 aliphatic carbocycles. The number of piperidine rings is 2. The molecule has 2 N–H and O–H groups in total. The van der Waals surface area contributed by atoms with Crippen molar-refractivity contribution in [3.63, 3.8) is 0 Å². The van der Waals surface area contributed by atoms with Gasteiger partial charge in [-0.2, -0.15) is 0 Å². The van der Waals surface area contributed by atoms with Crippen LogP contribution >= 0.6 is 0 Å². The van der Waals surface area contributed by atoms with E-state index in [1.54, 1.807) is 6.07 Å². The van der Waals surface area contributed by atoms with Crippen molar-refractivity contribution in [2.45, 2.75) is 50.6 Å². The average molecular weight is 347 g/mol. The first-order valence-corrected chi connectivity index (χ1v) is 9.17. The van der Waals surface area contributed by atoms with Crippen molar-refractivity contribution in [1.82, 2.24) is 15.5 Å². The van der Waals surface area contributed by atoms with E-state index in [0.29, 0.717) is 19.3 Å². The van der Waals surface area contributed by atoms with E-state index in [9.17, 15) is 14.0 Å². The molecule has 136 valence electrons. The number of nitrogens with one attached hydrogen (secondary N) is 2. The number of halogens is 1. The predicted octanol–water partition coefficient (Wildman–Crippen LogP) is 1.62. The first kappa shape index (κ1) is 17.9. The first-order chi connectivity index (χ1) is 12.1. The Morgan fingerprint density at radius 3 is 2.92 bits per heavy atom. The lowest BCUT2D eigenvalue weighted by Crippen LogP contribution is -2.55. The second-order valence-electron chi connectivity index (χ2n) is 7.00. The molecule has 2 aliphatic rings. The Kier molecular flexibility index (Phi) is 6.02. The number of likely N-dealkylation sites (tertiary alicyclic amines) is 1. The second-order valence-corrected chi connectivity index (χ2v) is 7.00. The summed E-state index contributed by atoms with van der Waals surface area (Å²) in [6.45, 7) is 2.54. The van der Waals surface area contributed by atoms with Crippen LogP contribution in [0.2, 0.25) is 0 Å². The molecule has 6 heteroatoms. The monoisotopic (exact) mass is 347 g/mol. The summed E-state index contributed by atoms with van der Waals surface area (Å²) >= 11 is 0. The smallest absolute Gasteiger partial charge is 0.242 e. The molecule has 2 amide bonds. The maximum Gasteiger partial charge on any atom is 0.242 e. The van der Waals surface area contributed by atoms with Crippen LogP contribution < -0.4 is 10.6 Å². The molecule has 2 saturated heterocycles. The highest BCUT2D eigenvalue weighted by Crippen LogP contribution is 2.14. The third-order valence-corrected chi connectivity index (χ3v) is 5.06. The zero-order valence-corrected chi connectivity index (χ0v) is 14.5. The van der Waals surface area contributed by atoms with Crippen LogP contribution in [0.15, 0.2) is 24.3 Å². The molecule has 0 saturated carbocycles. The topological polar surface area (TPSA) is 61.4 Å². The lowest BCUT2D eigenvalue weighted by Gasteiger charge is -2.34. The summed E-state index contributed by atoms with van der Waals surface area (Å²) in [6, 6.07) is 6.58. The van der Waals surface area contributed by atoms with Crippen LogP contribution in [0, 0.1) is 5.82 Å². The highest BCUT2D eigenvalue weighted by atomic mass is 19.1. The van der Waals surface area contributed by atoms with Gasteiger partial charge in [-0.05, 0) is 50.3 Å². The van der Waals surface area contributed by atoms with Crippen LogP contribution in [-0.2, 0) is 16.0 Å². The number of nitrogens with zero attached hydrogens (tertiary/aromatic N) is 1. The van der Waals surface area contributed by atoms with Crippen LogP contribution in [0.5, 0.6) is 0 Å². The van der Waals surface area contributed by atoms with Crippen molar-refractivity contribution in [3.8, 4) is 0 Å². The van der Waals surface area contributed by atoms with Gasteiger partial charge < -0.3 is 15.5 Å². The Bertz CT molecular complexity index is 622. The van der Waals surface area contributed by atoms with Gasteiger partial charge in [0.25, 0.3) is 0 Å². The molecule has 0 radical (unpaired) electrons. The number of carbonyl (C=O) groups excluding carboxylic acids is 2. The minimum absolute atomic E-state index is 0.0402. The zero-order valence-electron chi connectivity index (χ0n) is 14.5. The van der Waals surface area contributed by atoms with Crippen molar-refractivity contribution in [2.24, 2.45) is 0 Å². The Hall–Kier alpha value is -1.95. The van der Waals surface area contributed by atoms with E-state index in [1.165, 1.54) is 6.07 Å². The maximum absolute atomic E-state index is 13.7. The SMILES string of the molecule is O=C1CCC[C@H](C(=O)N[C@H]2CCCN(CCc3ccccc3F)C2)N1. The van der Waals surface area contributed by atoms with Gasteiger partial charge in [0.1, 0.15) is 11.9 Å². The second kappa shape index (κ2) is 8.43. The van der Waals surface area contributed by atoms with E-state index in [2.05, 4.69) is 15.5 Å². The maximum atomic E-state index is 13.7. The van der Waals surface area contributed by atoms with Gasteiger partial charge in [-0.25, -0.2) is 4.39 Å². The van der Waals surface area contributed by atoms with Gasteiger partial charge in [0.2, 0.25) is 11.8 Å². The van der Waals surface area contributed by atoms with Crippen LogP contribution in [0.3, 0.4) is 0 Å². The summed E-state index contributed by atoms with van der Waals surface area (Å²) in [7, 11) is 0. The van der Waals surface area contributed by atoms with Crippen molar-refractivity contribution in [1.29, 1.82) is 0 Å². The van der Waals surface area contributed by atoms with Crippen molar-refractivity contribution in [3.05, 3.63) is 35.6 Å². The molecule has 0 unspecified atom stereocenters. The van der Waals surface area contributed by atoms with Crippen LogP contribution in [0.4, 0.5) is 4.39 Å². The van der Waals surface area contributed by atoms with Gasteiger partial charge in [0.05, 0.1) is 0 Å². The normalized spacial score (nSPS) is 24.6. The minimum Gasteiger partial charge on any atom is -0.350 e. The number of carbonyl (C=O) groups is 2. The summed E-state index contributed by atoms with van der Waals surface area (Å²) in [4.78, 5) is 26.1. The molecule has 2 aliphatic heterocycles. The summed E-state index contributed by atoms with van der Waals surface area (Å²) in [5.74, 6) is -0.270. The van der Waals surface area contributed by atoms with Gasteiger partial charge in [-0.15, -0.1) is 0 Å². The fourth-order valence-corrected chi connectivity index (χ4v) is 3.66. The molecule has 2 atom stereocenters. The van der Waals surface area contributed by atoms with Gasteiger partial charge in [0, 0.05) is 25.6 Å². The van der Waals surface area contributed by atoms with Gasteiger partial charge in [0.15, 0.2) is 0 Å². The Morgan fingerprint density at radius 2 is 2.12 bits per heavy atom. The molecular weight excluding hydrogens is 321 g/mol. The molecule has 5 nitrogen and oxygen atoms in total. The summed E-state index contributed by atoms with van der Waals surface area (Å²) in [5, 5.41) is 5.84. The molecule has 25 heavy (non-hydrogen) atoms. The average Bonchev–Trinajstić information content (AvgIpc) is 2.61. The lowest BCUT2D eigenvalue weighted by atomic mass is 10.0. The van der Waals surface area contributed by atoms with Crippen LogP contribution in [0.1, 0.15) is 37.7 Å². The first-order valence-electron chi connectivity index (χ1n) is 9.17. The largest absolute Gasteiger partial charge is 0.350 e.